The Bertz CT molecular complexity index is 381. The number of carbonyl (C=O) groups is 1. The van der Waals surface area contributed by atoms with Crippen molar-refractivity contribution in [2.24, 2.45) is 0 Å². The maximum absolute atomic E-state index is 11.7. The second-order valence-corrected chi connectivity index (χ2v) is 7.09. The zero-order valence-electron chi connectivity index (χ0n) is 17.0. The summed E-state index contributed by atoms with van der Waals surface area (Å²) in [5.41, 5.74) is 0. The fraction of sp³-hybridized carbons (Fsp3) is 0.938. The molecule has 0 fully saturated rings. The topological polar surface area (TPSA) is 128 Å². The number of phosphoric acid groups is 1. The summed E-state index contributed by atoms with van der Waals surface area (Å²) in [4.78, 5) is 32.7. The van der Waals surface area contributed by atoms with E-state index in [1.54, 1.807) is 0 Å². The molecule has 11 heteroatoms. The van der Waals surface area contributed by atoms with Gasteiger partial charge in [0.2, 0.25) is 0 Å². The summed E-state index contributed by atoms with van der Waals surface area (Å²) >= 11 is 0. The first kappa shape index (κ1) is 33.1. The molecular formula is C16H31Na2O8P. The van der Waals surface area contributed by atoms with Crippen molar-refractivity contribution in [3.05, 3.63) is 0 Å². The van der Waals surface area contributed by atoms with Crippen LogP contribution in [-0.4, -0.2) is 37.2 Å². The standard InChI is InChI=1S/C16H33O8P.2Na/c1-2-3-4-5-6-7-8-9-10-11-16(18)24-15(12-22-14-17)13-23-25(19,20)21;;/h15,17H,2-14H2,1H3,(H2,19,20,21);;/q;2*+1/p-2/t15-;;/m1../s1. The molecule has 8 nitrogen and oxygen atoms in total. The van der Waals surface area contributed by atoms with E-state index in [0.717, 1.165) is 19.3 Å². The number of aliphatic hydroxyl groups excluding tert-OH is 1. The summed E-state index contributed by atoms with van der Waals surface area (Å²) in [5.74, 6) is -0.510. The Labute approximate surface area is 206 Å². The molecule has 150 valence electrons. The number of aliphatic hydroxyl groups is 1. The quantitative estimate of drug-likeness (QED) is 0.0810. The third kappa shape index (κ3) is 25.5. The van der Waals surface area contributed by atoms with Crippen LogP contribution in [0.1, 0.15) is 71.1 Å². The summed E-state index contributed by atoms with van der Waals surface area (Å²) in [5, 5.41) is 8.59. The molecular weight excluding hydrogens is 397 g/mol. The minimum absolute atomic E-state index is 0. The number of unbranched alkanes of at least 4 members (excludes halogenated alkanes) is 8. The molecule has 0 saturated heterocycles. The Kier molecular flexibility index (Phi) is 27.2. The summed E-state index contributed by atoms with van der Waals surface area (Å²) in [7, 11) is -5.15. The van der Waals surface area contributed by atoms with Gasteiger partial charge < -0.3 is 33.5 Å². The van der Waals surface area contributed by atoms with Crippen molar-refractivity contribution >= 4 is 13.8 Å². The first-order valence-electron chi connectivity index (χ1n) is 8.93. The number of hydrogen-bond acceptors (Lipinski definition) is 8. The van der Waals surface area contributed by atoms with Gasteiger partial charge in [0.1, 0.15) is 12.9 Å². The molecule has 0 heterocycles. The molecule has 0 amide bonds. The number of phosphoric ester groups is 1. The van der Waals surface area contributed by atoms with Crippen LogP contribution in [0.3, 0.4) is 0 Å². The van der Waals surface area contributed by atoms with Gasteiger partial charge >= 0.3 is 65.1 Å². The molecule has 27 heavy (non-hydrogen) atoms. The third-order valence-electron chi connectivity index (χ3n) is 3.60. The third-order valence-corrected chi connectivity index (χ3v) is 4.06. The van der Waals surface area contributed by atoms with Crippen LogP contribution in [0.2, 0.25) is 0 Å². The molecule has 0 aliphatic heterocycles. The smallest absolute Gasteiger partial charge is 0.790 e. The van der Waals surface area contributed by atoms with E-state index in [9.17, 15) is 19.1 Å². The summed E-state index contributed by atoms with van der Waals surface area (Å²) in [6.07, 6.45) is 9.25. The molecule has 0 rings (SSSR count). The number of hydrogen-bond donors (Lipinski definition) is 1. The van der Waals surface area contributed by atoms with E-state index in [1.807, 2.05) is 0 Å². The molecule has 0 aromatic rings. The Morgan fingerprint density at radius 3 is 1.96 bits per heavy atom. The fourth-order valence-electron chi connectivity index (χ4n) is 2.30. The monoisotopic (exact) mass is 428 g/mol. The second kappa shape index (κ2) is 22.2. The molecule has 0 aliphatic carbocycles. The van der Waals surface area contributed by atoms with Gasteiger partial charge in [-0.3, -0.25) is 4.79 Å². The van der Waals surface area contributed by atoms with Crippen molar-refractivity contribution in [1.29, 1.82) is 0 Å². The molecule has 0 aliphatic rings. The molecule has 0 aromatic carbocycles. The minimum atomic E-state index is -5.15. The predicted molar refractivity (Wildman–Crippen MR) is 88.3 cm³/mol. The SMILES string of the molecule is CCCCCCCCCCCC(=O)O[C@H](COCO)COP(=O)([O-])[O-].[Na+].[Na+]. The van der Waals surface area contributed by atoms with Gasteiger partial charge in [0.25, 0.3) is 0 Å². The van der Waals surface area contributed by atoms with Crippen LogP contribution in [0.25, 0.3) is 0 Å². The van der Waals surface area contributed by atoms with Crippen molar-refractivity contribution < 1.29 is 97.4 Å². The van der Waals surface area contributed by atoms with Gasteiger partial charge in [-0.2, -0.15) is 0 Å². The van der Waals surface area contributed by atoms with Gasteiger partial charge in [0, 0.05) is 6.42 Å². The predicted octanol–water partition coefficient (Wildman–Crippen LogP) is -4.36. The maximum atomic E-state index is 11.7. The number of esters is 1. The number of rotatable bonds is 17. The van der Waals surface area contributed by atoms with Gasteiger partial charge in [0.05, 0.1) is 21.0 Å². The Hall–Kier alpha value is 1.50. The molecule has 1 atom stereocenters. The number of ether oxygens (including phenoxy) is 2. The zero-order valence-corrected chi connectivity index (χ0v) is 21.9. The van der Waals surface area contributed by atoms with Crippen LogP contribution in [0.15, 0.2) is 0 Å². The van der Waals surface area contributed by atoms with E-state index in [1.165, 1.54) is 32.1 Å². The molecule has 0 aromatic heterocycles. The summed E-state index contributed by atoms with van der Waals surface area (Å²) in [6, 6.07) is 0. The summed E-state index contributed by atoms with van der Waals surface area (Å²) in [6.45, 7) is 0.707. The van der Waals surface area contributed by atoms with Crippen LogP contribution >= 0.6 is 7.82 Å². The molecule has 0 radical (unpaired) electrons. The zero-order chi connectivity index (χ0) is 19.0. The second-order valence-electron chi connectivity index (χ2n) is 5.93. The Morgan fingerprint density at radius 1 is 0.963 bits per heavy atom. The fourth-order valence-corrected chi connectivity index (χ4v) is 2.65. The average Bonchev–Trinajstić information content (AvgIpc) is 2.55. The van der Waals surface area contributed by atoms with E-state index in [0.29, 0.717) is 6.42 Å². The van der Waals surface area contributed by atoms with Crippen molar-refractivity contribution in [3.8, 4) is 0 Å². The molecule has 0 spiro atoms. The van der Waals surface area contributed by atoms with Gasteiger partial charge in [0.15, 0.2) is 0 Å². The first-order chi connectivity index (χ1) is 11.9. The van der Waals surface area contributed by atoms with E-state index >= 15 is 0 Å². The van der Waals surface area contributed by atoms with E-state index < -0.39 is 33.3 Å². The number of carbonyl (C=O) groups excluding carboxylic acids is 1. The maximum Gasteiger partial charge on any atom is 1.00 e. The van der Waals surface area contributed by atoms with Crippen molar-refractivity contribution in [1.82, 2.24) is 0 Å². The van der Waals surface area contributed by atoms with Gasteiger partial charge in [-0.25, -0.2) is 0 Å². The average molecular weight is 428 g/mol. The van der Waals surface area contributed by atoms with Crippen LogP contribution in [-0.2, 0) is 23.4 Å². The van der Waals surface area contributed by atoms with Crippen LogP contribution in [0.4, 0.5) is 0 Å². The van der Waals surface area contributed by atoms with E-state index in [4.69, 9.17) is 9.84 Å². The van der Waals surface area contributed by atoms with Crippen molar-refractivity contribution in [2.45, 2.75) is 77.2 Å². The van der Waals surface area contributed by atoms with Gasteiger partial charge in [-0.1, -0.05) is 58.3 Å². The van der Waals surface area contributed by atoms with Crippen LogP contribution in [0.5, 0.6) is 0 Å². The largest absolute Gasteiger partial charge is 1.00 e. The van der Waals surface area contributed by atoms with Gasteiger partial charge in [-0.15, -0.1) is 0 Å². The Balaban J connectivity index is -0.00000288. The molecule has 0 unspecified atom stereocenters. The Morgan fingerprint density at radius 2 is 1.48 bits per heavy atom. The first-order valence-corrected chi connectivity index (χ1v) is 10.4. The van der Waals surface area contributed by atoms with Crippen molar-refractivity contribution in [2.75, 3.05) is 20.0 Å². The molecule has 1 N–H and O–H groups in total. The van der Waals surface area contributed by atoms with E-state index in [-0.39, 0.29) is 72.1 Å². The van der Waals surface area contributed by atoms with Gasteiger partial charge in [-0.05, 0) is 6.42 Å². The minimum Gasteiger partial charge on any atom is -0.790 e. The molecule has 0 bridgehead atoms. The van der Waals surface area contributed by atoms with E-state index in [2.05, 4.69) is 16.2 Å². The normalized spacial score (nSPS) is 12.0. The van der Waals surface area contributed by atoms with Crippen molar-refractivity contribution in [3.63, 3.8) is 0 Å². The molecule has 0 saturated carbocycles. The summed E-state index contributed by atoms with van der Waals surface area (Å²) < 4.78 is 24.2. The van der Waals surface area contributed by atoms with Crippen LogP contribution < -0.4 is 68.9 Å². The van der Waals surface area contributed by atoms with Crippen LogP contribution in [0, 0.1) is 0 Å².